The van der Waals surface area contributed by atoms with E-state index in [0.717, 1.165) is 24.7 Å². The highest BCUT2D eigenvalue weighted by molar-refractivity contribution is 5.03. The zero-order valence-corrected chi connectivity index (χ0v) is 9.78. The fraction of sp³-hybridized carbons (Fsp3) is 0.833. The van der Waals surface area contributed by atoms with Crippen LogP contribution in [0.3, 0.4) is 0 Å². The van der Waals surface area contributed by atoms with Crippen LogP contribution in [-0.4, -0.2) is 21.8 Å². The molecule has 3 rings (SSSR count). The van der Waals surface area contributed by atoms with Gasteiger partial charge in [-0.05, 0) is 25.2 Å². The van der Waals surface area contributed by atoms with Crippen molar-refractivity contribution in [3.05, 3.63) is 11.6 Å². The molecule has 0 amide bonds. The molecule has 0 bridgehead atoms. The maximum absolute atomic E-state index is 5.69. The van der Waals surface area contributed by atoms with Crippen LogP contribution in [0, 0.1) is 5.92 Å². The summed E-state index contributed by atoms with van der Waals surface area (Å²) in [5, 5.41) is 7.43. The number of hydrogen-bond donors (Lipinski definition) is 1. The smallest absolute Gasteiger partial charge is 0.154 e. The van der Waals surface area contributed by atoms with Gasteiger partial charge in [-0.15, -0.1) is 0 Å². The monoisotopic (exact) mass is 221 g/mol. The number of aromatic nitrogens is 3. The average Bonchev–Trinajstić information content (AvgIpc) is 2.96. The number of hydrogen-bond acceptors (Lipinski definition) is 3. The minimum atomic E-state index is 0.141. The van der Waals surface area contributed by atoms with E-state index in [0.29, 0.717) is 11.8 Å². The van der Waals surface area contributed by atoms with Crippen LogP contribution in [0.1, 0.15) is 62.7 Å². The summed E-state index contributed by atoms with van der Waals surface area (Å²) < 4.78 is 5.69. The van der Waals surface area contributed by atoms with Crippen molar-refractivity contribution in [2.45, 2.75) is 51.0 Å². The Labute approximate surface area is 95.8 Å². The molecule has 0 aromatic carbocycles. The van der Waals surface area contributed by atoms with E-state index in [1.54, 1.807) is 0 Å². The number of aromatic amines is 1. The van der Waals surface area contributed by atoms with Crippen molar-refractivity contribution in [1.29, 1.82) is 0 Å². The van der Waals surface area contributed by atoms with Gasteiger partial charge >= 0.3 is 0 Å². The van der Waals surface area contributed by atoms with E-state index in [1.165, 1.54) is 25.7 Å². The van der Waals surface area contributed by atoms with Gasteiger partial charge in [0, 0.05) is 12.5 Å². The van der Waals surface area contributed by atoms with Crippen LogP contribution in [0.4, 0.5) is 0 Å². The predicted octanol–water partition coefficient (Wildman–Crippen LogP) is 2.56. The second kappa shape index (κ2) is 4.17. The number of rotatable bonds is 2. The molecule has 4 nitrogen and oxygen atoms in total. The minimum Gasteiger partial charge on any atom is -0.370 e. The van der Waals surface area contributed by atoms with Gasteiger partial charge in [0.15, 0.2) is 11.6 Å². The van der Waals surface area contributed by atoms with Crippen LogP contribution in [-0.2, 0) is 4.74 Å². The lowest BCUT2D eigenvalue weighted by Crippen LogP contribution is -2.06. The van der Waals surface area contributed by atoms with Crippen molar-refractivity contribution in [3.63, 3.8) is 0 Å². The van der Waals surface area contributed by atoms with Gasteiger partial charge in [-0.1, -0.05) is 19.8 Å². The van der Waals surface area contributed by atoms with Gasteiger partial charge in [0.1, 0.15) is 6.10 Å². The Kier molecular flexibility index (Phi) is 2.67. The van der Waals surface area contributed by atoms with Gasteiger partial charge in [-0.2, -0.15) is 5.10 Å². The van der Waals surface area contributed by atoms with E-state index in [-0.39, 0.29) is 6.10 Å². The van der Waals surface area contributed by atoms with E-state index in [2.05, 4.69) is 22.1 Å². The highest BCUT2D eigenvalue weighted by Gasteiger charge is 2.30. The summed E-state index contributed by atoms with van der Waals surface area (Å²) in [5.41, 5.74) is 0. The Bertz CT molecular complexity index is 357. The summed E-state index contributed by atoms with van der Waals surface area (Å²) in [6, 6.07) is 0. The van der Waals surface area contributed by atoms with E-state index in [1.807, 2.05) is 0 Å². The third-order valence-corrected chi connectivity index (χ3v) is 3.90. The molecule has 2 aliphatic rings. The molecule has 2 heterocycles. The van der Waals surface area contributed by atoms with Gasteiger partial charge in [-0.3, -0.25) is 5.10 Å². The van der Waals surface area contributed by atoms with Crippen molar-refractivity contribution < 1.29 is 4.74 Å². The molecule has 1 aliphatic heterocycles. The fourth-order valence-corrected chi connectivity index (χ4v) is 2.83. The quantitative estimate of drug-likeness (QED) is 0.835. The number of H-pyrrole nitrogens is 1. The average molecular weight is 221 g/mol. The SMILES string of the molecule is CC1CCOC1c1nc(C2CCCC2)n[nH]1. The fourth-order valence-electron chi connectivity index (χ4n) is 2.83. The lowest BCUT2D eigenvalue weighted by Gasteiger charge is -2.10. The van der Waals surface area contributed by atoms with Crippen LogP contribution < -0.4 is 0 Å². The molecular weight excluding hydrogens is 202 g/mol. The van der Waals surface area contributed by atoms with E-state index in [9.17, 15) is 0 Å². The summed E-state index contributed by atoms with van der Waals surface area (Å²) in [6.07, 6.45) is 6.42. The minimum absolute atomic E-state index is 0.141. The second-order valence-electron chi connectivity index (χ2n) is 5.12. The largest absolute Gasteiger partial charge is 0.370 e. The van der Waals surface area contributed by atoms with Crippen molar-refractivity contribution in [2.24, 2.45) is 5.92 Å². The molecule has 0 spiro atoms. The Morgan fingerprint density at radius 1 is 1.25 bits per heavy atom. The molecule has 1 N–H and O–H groups in total. The van der Waals surface area contributed by atoms with Gasteiger partial charge in [0.2, 0.25) is 0 Å². The van der Waals surface area contributed by atoms with Crippen molar-refractivity contribution in [1.82, 2.24) is 15.2 Å². The van der Waals surface area contributed by atoms with Crippen LogP contribution in [0.25, 0.3) is 0 Å². The van der Waals surface area contributed by atoms with Crippen LogP contribution >= 0.6 is 0 Å². The molecule has 1 aromatic heterocycles. The third kappa shape index (κ3) is 1.75. The van der Waals surface area contributed by atoms with Crippen LogP contribution in [0.5, 0.6) is 0 Å². The second-order valence-corrected chi connectivity index (χ2v) is 5.12. The zero-order valence-electron chi connectivity index (χ0n) is 9.78. The van der Waals surface area contributed by atoms with Gasteiger partial charge in [0.25, 0.3) is 0 Å². The number of nitrogens with one attached hydrogen (secondary N) is 1. The predicted molar refractivity (Wildman–Crippen MR) is 60.1 cm³/mol. The van der Waals surface area contributed by atoms with Crippen molar-refractivity contribution >= 4 is 0 Å². The summed E-state index contributed by atoms with van der Waals surface area (Å²) in [5.74, 6) is 3.09. The van der Waals surface area contributed by atoms with Gasteiger partial charge in [0.05, 0.1) is 0 Å². The molecular formula is C12H19N3O. The first-order valence-corrected chi connectivity index (χ1v) is 6.38. The lowest BCUT2D eigenvalue weighted by molar-refractivity contribution is 0.0875. The van der Waals surface area contributed by atoms with Crippen molar-refractivity contribution in [3.8, 4) is 0 Å². The van der Waals surface area contributed by atoms with Crippen LogP contribution in [0.15, 0.2) is 0 Å². The molecule has 1 aromatic rings. The number of ether oxygens (including phenoxy) is 1. The Morgan fingerprint density at radius 2 is 2.06 bits per heavy atom. The summed E-state index contributed by atoms with van der Waals surface area (Å²) >= 11 is 0. The standard InChI is InChI=1S/C12H19N3O/c1-8-6-7-16-10(8)12-13-11(14-15-12)9-4-2-3-5-9/h8-10H,2-7H2,1H3,(H,13,14,15). The zero-order chi connectivity index (χ0) is 11.0. The molecule has 16 heavy (non-hydrogen) atoms. The topological polar surface area (TPSA) is 50.8 Å². The molecule has 2 fully saturated rings. The molecule has 2 atom stereocenters. The molecule has 2 unspecified atom stereocenters. The highest BCUT2D eigenvalue weighted by Crippen LogP contribution is 2.35. The molecule has 1 saturated heterocycles. The lowest BCUT2D eigenvalue weighted by atomic mass is 10.0. The Balaban J connectivity index is 1.76. The van der Waals surface area contributed by atoms with Gasteiger partial charge < -0.3 is 4.74 Å². The molecule has 88 valence electrons. The first-order chi connectivity index (χ1) is 7.84. The Morgan fingerprint density at radius 3 is 2.75 bits per heavy atom. The normalized spacial score (nSPS) is 31.3. The summed E-state index contributed by atoms with van der Waals surface area (Å²) in [4.78, 5) is 4.63. The van der Waals surface area contributed by atoms with Crippen LogP contribution in [0.2, 0.25) is 0 Å². The van der Waals surface area contributed by atoms with Crippen molar-refractivity contribution in [2.75, 3.05) is 6.61 Å². The molecule has 1 saturated carbocycles. The number of nitrogens with zero attached hydrogens (tertiary/aromatic N) is 2. The summed E-state index contributed by atoms with van der Waals surface area (Å²) in [7, 11) is 0. The van der Waals surface area contributed by atoms with Gasteiger partial charge in [-0.25, -0.2) is 4.98 Å². The first kappa shape index (κ1) is 10.3. The summed E-state index contributed by atoms with van der Waals surface area (Å²) in [6.45, 7) is 3.07. The highest BCUT2D eigenvalue weighted by atomic mass is 16.5. The van der Waals surface area contributed by atoms with E-state index in [4.69, 9.17) is 4.74 Å². The van der Waals surface area contributed by atoms with E-state index >= 15 is 0 Å². The molecule has 4 heteroatoms. The Hall–Kier alpha value is -0.900. The third-order valence-electron chi connectivity index (χ3n) is 3.90. The molecule has 0 radical (unpaired) electrons. The maximum atomic E-state index is 5.69. The maximum Gasteiger partial charge on any atom is 0.154 e. The molecule has 1 aliphatic carbocycles. The first-order valence-electron chi connectivity index (χ1n) is 6.38. The van der Waals surface area contributed by atoms with E-state index < -0.39 is 0 Å².